The van der Waals surface area contributed by atoms with E-state index in [2.05, 4.69) is 12.6 Å². The van der Waals surface area contributed by atoms with E-state index in [-0.39, 0.29) is 12.1 Å². The van der Waals surface area contributed by atoms with Crippen LogP contribution in [0.5, 0.6) is 0 Å². The first-order valence-electron chi connectivity index (χ1n) is 5.36. The summed E-state index contributed by atoms with van der Waals surface area (Å²) >= 11 is 10.1. The zero-order chi connectivity index (χ0) is 11.5. The van der Waals surface area contributed by atoms with Gasteiger partial charge in [-0.2, -0.15) is 0 Å². The van der Waals surface area contributed by atoms with Gasteiger partial charge in [0.25, 0.3) is 0 Å². The van der Waals surface area contributed by atoms with E-state index in [9.17, 15) is 4.79 Å². The Morgan fingerprint density at radius 1 is 1.38 bits per heavy atom. The summed E-state index contributed by atoms with van der Waals surface area (Å²) in [5, 5.41) is 0.417. The van der Waals surface area contributed by atoms with E-state index < -0.39 is 0 Å². The Morgan fingerprint density at radius 3 is 2.75 bits per heavy atom. The number of halogens is 1. The minimum absolute atomic E-state index is 0.0622. The zero-order valence-electron chi connectivity index (χ0n) is 8.78. The van der Waals surface area contributed by atoms with Gasteiger partial charge in [-0.1, -0.05) is 11.6 Å². The van der Waals surface area contributed by atoms with E-state index in [0.717, 1.165) is 25.7 Å². The third-order valence-corrected chi connectivity index (χ3v) is 3.35. The van der Waals surface area contributed by atoms with Crippen molar-refractivity contribution in [2.24, 2.45) is 0 Å². The molecule has 0 aliphatic heterocycles. The Balaban J connectivity index is 2.10. The van der Waals surface area contributed by atoms with E-state index in [1.54, 1.807) is 18.2 Å². The summed E-state index contributed by atoms with van der Waals surface area (Å²) in [5.41, 5.74) is 0.404. The van der Waals surface area contributed by atoms with Crippen molar-refractivity contribution in [3.05, 3.63) is 28.8 Å². The molecule has 2 rings (SSSR count). The average Bonchev–Trinajstić information content (AvgIpc) is 2.74. The number of ether oxygens (including phenoxy) is 1. The van der Waals surface area contributed by atoms with Crippen molar-refractivity contribution in [2.45, 2.75) is 36.7 Å². The number of carbonyl (C=O) groups excluding carboxylic acids is 1. The standard InChI is InChI=1S/C12H13ClO2S/c13-11-6-5-9(16)7-10(11)12(14)15-8-3-1-2-4-8/h5-8,16H,1-4H2. The Morgan fingerprint density at radius 2 is 2.06 bits per heavy atom. The molecule has 1 fully saturated rings. The second-order valence-electron chi connectivity index (χ2n) is 3.98. The highest BCUT2D eigenvalue weighted by molar-refractivity contribution is 7.80. The molecule has 0 amide bonds. The van der Waals surface area contributed by atoms with Crippen molar-refractivity contribution >= 4 is 30.2 Å². The molecule has 1 saturated carbocycles. The van der Waals surface area contributed by atoms with E-state index in [1.807, 2.05) is 0 Å². The number of carbonyl (C=O) groups is 1. The zero-order valence-corrected chi connectivity index (χ0v) is 10.4. The van der Waals surface area contributed by atoms with Gasteiger partial charge in [-0.25, -0.2) is 4.79 Å². The van der Waals surface area contributed by atoms with Crippen LogP contribution in [0.25, 0.3) is 0 Å². The molecular weight excluding hydrogens is 244 g/mol. The molecule has 0 aromatic heterocycles. The van der Waals surface area contributed by atoms with Crippen LogP contribution in [0.3, 0.4) is 0 Å². The summed E-state index contributed by atoms with van der Waals surface area (Å²) in [7, 11) is 0. The second-order valence-corrected chi connectivity index (χ2v) is 4.90. The lowest BCUT2D eigenvalue weighted by Crippen LogP contribution is -2.15. The number of benzene rings is 1. The Kier molecular flexibility index (Phi) is 3.77. The minimum Gasteiger partial charge on any atom is -0.459 e. The van der Waals surface area contributed by atoms with Crippen molar-refractivity contribution in [3.63, 3.8) is 0 Å². The summed E-state index contributed by atoms with van der Waals surface area (Å²) in [6, 6.07) is 5.05. The largest absolute Gasteiger partial charge is 0.459 e. The lowest BCUT2D eigenvalue weighted by molar-refractivity contribution is 0.0318. The molecule has 2 nitrogen and oxygen atoms in total. The number of hydrogen-bond acceptors (Lipinski definition) is 3. The predicted octanol–water partition coefficient (Wildman–Crippen LogP) is 3.73. The molecule has 0 heterocycles. The van der Waals surface area contributed by atoms with Gasteiger partial charge in [0.1, 0.15) is 6.10 Å². The predicted molar refractivity (Wildman–Crippen MR) is 66.4 cm³/mol. The molecule has 4 heteroatoms. The maximum Gasteiger partial charge on any atom is 0.339 e. The van der Waals surface area contributed by atoms with Gasteiger partial charge < -0.3 is 4.74 Å². The van der Waals surface area contributed by atoms with Crippen molar-refractivity contribution in [3.8, 4) is 0 Å². The summed E-state index contributed by atoms with van der Waals surface area (Å²) in [5.74, 6) is -0.340. The van der Waals surface area contributed by atoms with Crippen LogP contribution in [0, 0.1) is 0 Å². The summed E-state index contributed by atoms with van der Waals surface area (Å²) in [6.45, 7) is 0. The average molecular weight is 257 g/mol. The Hall–Kier alpha value is -0.670. The molecule has 1 aromatic carbocycles. The first-order chi connectivity index (χ1) is 7.66. The first kappa shape index (κ1) is 11.8. The van der Waals surface area contributed by atoms with Crippen LogP contribution in [-0.4, -0.2) is 12.1 Å². The molecule has 0 saturated heterocycles. The molecular formula is C12H13ClO2S. The normalized spacial score (nSPS) is 16.4. The lowest BCUT2D eigenvalue weighted by Gasteiger charge is -2.12. The lowest BCUT2D eigenvalue weighted by atomic mass is 10.2. The van der Waals surface area contributed by atoms with Gasteiger partial charge >= 0.3 is 5.97 Å². The fraction of sp³-hybridized carbons (Fsp3) is 0.417. The third kappa shape index (κ3) is 2.71. The molecule has 0 N–H and O–H groups in total. The van der Waals surface area contributed by atoms with E-state index >= 15 is 0 Å². The fourth-order valence-corrected chi connectivity index (χ4v) is 2.29. The fourth-order valence-electron chi connectivity index (χ4n) is 1.89. The molecule has 0 spiro atoms. The van der Waals surface area contributed by atoms with Gasteiger partial charge in [-0.15, -0.1) is 12.6 Å². The second kappa shape index (κ2) is 5.11. The molecule has 1 aliphatic rings. The molecule has 16 heavy (non-hydrogen) atoms. The molecule has 0 atom stereocenters. The van der Waals surface area contributed by atoms with Crippen LogP contribution in [0.4, 0.5) is 0 Å². The van der Waals surface area contributed by atoms with Crippen LogP contribution >= 0.6 is 24.2 Å². The Labute approximate surface area is 105 Å². The van der Waals surface area contributed by atoms with Crippen LogP contribution in [-0.2, 0) is 4.74 Å². The maximum atomic E-state index is 11.8. The molecule has 1 aliphatic carbocycles. The monoisotopic (exact) mass is 256 g/mol. The topological polar surface area (TPSA) is 26.3 Å². The van der Waals surface area contributed by atoms with Crippen LogP contribution in [0.15, 0.2) is 23.1 Å². The van der Waals surface area contributed by atoms with Crippen LogP contribution in [0.2, 0.25) is 5.02 Å². The van der Waals surface area contributed by atoms with Gasteiger partial charge in [0.05, 0.1) is 10.6 Å². The molecule has 0 radical (unpaired) electrons. The maximum absolute atomic E-state index is 11.8. The SMILES string of the molecule is O=C(OC1CCCC1)c1cc(S)ccc1Cl. The Bertz CT molecular complexity index is 400. The quantitative estimate of drug-likeness (QED) is 0.645. The minimum atomic E-state index is -0.340. The number of esters is 1. The number of hydrogen-bond donors (Lipinski definition) is 1. The smallest absolute Gasteiger partial charge is 0.339 e. The summed E-state index contributed by atoms with van der Waals surface area (Å²) in [6.07, 6.45) is 4.26. The highest BCUT2D eigenvalue weighted by Gasteiger charge is 2.21. The van der Waals surface area contributed by atoms with E-state index in [4.69, 9.17) is 16.3 Å². The highest BCUT2D eigenvalue weighted by Crippen LogP contribution is 2.25. The van der Waals surface area contributed by atoms with E-state index in [0.29, 0.717) is 15.5 Å². The van der Waals surface area contributed by atoms with Crippen LogP contribution in [0.1, 0.15) is 36.0 Å². The van der Waals surface area contributed by atoms with Gasteiger partial charge in [0, 0.05) is 4.90 Å². The van der Waals surface area contributed by atoms with Crippen molar-refractivity contribution in [1.82, 2.24) is 0 Å². The van der Waals surface area contributed by atoms with Gasteiger partial charge in [0.2, 0.25) is 0 Å². The first-order valence-corrected chi connectivity index (χ1v) is 6.19. The molecule has 0 unspecified atom stereocenters. The highest BCUT2D eigenvalue weighted by atomic mass is 35.5. The summed E-state index contributed by atoms with van der Waals surface area (Å²) in [4.78, 5) is 12.5. The van der Waals surface area contributed by atoms with Gasteiger partial charge in [-0.3, -0.25) is 0 Å². The van der Waals surface area contributed by atoms with Crippen molar-refractivity contribution in [1.29, 1.82) is 0 Å². The van der Waals surface area contributed by atoms with Gasteiger partial charge in [0.15, 0.2) is 0 Å². The van der Waals surface area contributed by atoms with Crippen molar-refractivity contribution < 1.29 is 9.53 Å². The summed E-state index contributed by atoms with van der Waals surface area (Å²) < 4.78 is 5.38. The third-order valence-electron chi connectivity index (χ3n) is 2.75. The van der Waals surface area contributed by atoms with Gasteiger partial charge in [-0.05, 0) is 43.9 Å². The number of rotatable bonds is 2. The molecule has 86 valence electrons. The van der Waals surface area contributed by atoms with Crippen molar-refractivity contribution in [2.75, 3.05) is 0 Å². The number of thiol groups is 1. The van der Waals surface area contributed by atoms with E-state index in [1.165, 1.54) is 0 Å². The molecule has 1 aromatic rings. The van der Waals surface area contributed by atoms with Crippen LogP contribution < -0.4 is 0 Å². The molecule has 0 bridgehead atoms.